The summed E-state index contributed by atoms with van der Waals surface area (Å²) < 4.78 is 1.83. The lowest BCUT2D eigenvalue weighted by Gasteiger charge is -2.14. The van der Waals surface area contributed by atoms with Crippen LogP contribution < -0.4 is 5.32 Å². The van der Waals surface area contributed by atoms with Crippen molar-refractivity contribution in [3.63, 3.8) is 0 Å². The Labute approximate surface area is 142 Å². The highest BCUT2D eigenvalue weighted by Gasteiger charge is 2.28. The van der Waals surface area contributed by atoms with E-state index in [0.717, 1.165) is 24.2 Å². The zero-order valence-electron chi connectivity index (χ0n) is 12.9. The molecule has 2 aliphatic rings. The molecule has 8 nitrogen and oxygen atoms in total. The van der Waals surface area contributed by atoms with Crippen LogP contribution in [-0.4, -0.2) is 55.1 Å². The Morgan fingerprint density at radius 2 is 2.25 bits per heavy atom. The van der Waals surface area contributed by atoms with Crippen LogP contribution in [0.1, 0.15) is 18.9 Å². The molecule has 24 heavy (non-hydrogen) atoms. The number of hydrogen-bond donors (Lipinski definition) is 1. The average Bonchev–Trinajstić information content (AvgIpc) is 3.16. The summed E-state index contributed by atoms with van der Waals surface area (Å²) in [7, 11) is 0. The Hall–Kier alpha value is -2.42. The number of hydrogen-bond acceptors (Lipinski definition) is 6. The third-order valence-electron chi connectivity index (χ3n) is 3.97. The molecule has 4 rings (SSSR count). The standard InChI is InChI=1S/C15H16N6O2S/c22-13(9-20-6-7-24-15(20)23)16-11-3-1-2-10(8-11)14-17-18-19-21(14)12-4-5-12/h1-3,8,12H,4-7,9H2,(H,16,22). The molecule has 2 aromatic rings. The normalized spacial score (nSPS) is 17.3. The number of tetrazole rings is 1. The number of nitrogens with one attached hydrogen (secondary N) is 1. The summed E-state index contributed by atoms with van der Waals surface area (Å²) in [5.41, 5.74) is 1.53. The molecule has 0 spiro atoms. The number of anilines is 1. The first-order valence-corrected chi connectivity index (χ1v) is 8.79. The van der Waals surface area contributed by atoms with E-state index in [9.17, 15) is 9.59 Å². The smallest absolute Gasteiger partial charge is 0.282 e. The third kappa shape index (κ3) is 3.12. The van der Waals surface area contributed by atoms with E-state index in [4.69, 9.17) is 0 Å². The van der Waals surface area contributed by atoms with Crippen LogP contribution in [0.2, 0.25) is 0 Å². The van der Waals surface area contributed by atoms with E-state index < -0.39 is 0 Å². The Morgan fingerprint density at radius 1 is 1.38 bits per heavy atom. The van der Waals surface area contributed by atoms with Crippen LogP contribution in [0.25, 0.3) is 11.4 Å². The lowest BCUT2D eigenvalue weighted by molar-refractivity contribution is -0.116. The van der Waals surface area contributed by atoms with Crippen molar-refractivity contribution in [2.75, 3.05) is 24.2 Å². The van der Waals surface area contributed by atoms with Gasteiger partial charge in [-0.05, 0) is 35.4 Å². The van der Waals surface area contributed by atoms with Gasteiger partial charge in [-0.2, -0.15) is 0 Å². The van der Waals surface area contributed by atoms with Crippen molar-refractivity contribution in [2.45, 2.75) is 18.9 Å². The quantitative estimate of drug-likeness (QED) is 0.889. The van der Waals surface area contributed by atoms with E-state index in [2.05, 4.69) is 20.8 Å². The van der Waals surface area contributed by atoms with E-state index in [1.165, 1.54) is 11.8 Å². The molecule has 1 aliphatic heterocycles. The van der Waals surface area contributed by atoms with Gasteiger partial charge in [0.1, 0.15) is 6.54 Å². The third-order valence-corrected chi connectivity index (χ3v) is 4.86. The number of nitrogens with zero attached hydrogens (tertiary/aromatic N) is 5. The minimum absolute atomic E-state index is 0.0393. The second-order valence-corrected chi connectivity index (χ2v) is 6.89. The Bertz CT molecular complexity index is 788. The minimum atomic E-state index is -0.204. The van der Waals surface area contributed by atoms with Crippen molar-refractivity contribution >= 4 is 28.6 Å². The van der Waals surface area contributed by atoms with Crippen molar-refractivity contribution < 1.29 is 9.59 Å². The maximum atomic E-state index is 12.1. The van der Waals surface area contributed by atoms with Gasteiger partial charge in [-0.15, -0.1) is 5.10 Å². The molecule has 1 aromatic heterocycles. The number of carbonyl (C=O) groups is 2. The van der Waals surface area contributed by atoms with Crippen LogP contribution in [-0.2, 0) is 4.79 Å². The van der Waals surface area contributed by atoms with Gasteiger partial charge in [-0.3, -0.25) is 9.59 Å². The average molecular weight is 344 g/mol. The van der Waals surface area contributed by atoms with Crippen LogP contribution in [0.3, 0.4) is 0 Å². The molecular formula is C15H16N6O2S. The van der Waals surface area contributed by atoms with Crippen molar-refractivity contribution in [3.05, 3.63) is 24.3 Å². The first-order valence-electron chi connectivity index (χ1n) is 7.80. The highest BCUT2D eigenvalue weighted by atomic mass is 32.2. The minimum Gasteiger partial charge on any atom is -0.325 e. The van der Waals surface area contributed by atoms with E-state index in [0.29, 0.717) is 24.1 Å². The van der Waals surface area contributed by atoms with Gasteiger partial charge in [0, 0.05) is 23.5 Å². The molecule has 1 aromatic carbocycles. The SMILES string of the molecule is O=C(CN1CCSC1=O)Nc1cccc(-c2nnnn2C2CC2)c1. The number of rotatable bonds is 5. The lowest BCUT2D eigenvalue weighted by Crippen LogP contribution is -2.33. The Morgan fingerprint density at radius 3 is 3.00 bits per heavy atom. The van der Waals surface area contributed by atoms with Gasteiger partial charge in [-0.1, -0.05) is 23.9 Å². The second kappa shape index (κ2) is 6.23. The summed E-state index contributed by atoms with van der Waals surface area (Å²) in [6.07, 6.45) is 2.19. The topological polar surface area (TPSA) is 93.0 Å². The number of amides is 2. The summed E-state index contributed by atoms with van der Waals surface area (Å²) in [6, 6.07) is 7.82. The molecule has 9 heteroatoms. The monoisotopic (exact) mass is 344 g/mol. The molecule has 1 N–H and O–H groups in total. The molecule has 1 saturated carbocycles. The van der Waals surface area contributed by atoms with Gasteiger partial charge in [-0.25, -0.2) is 4.68 Å². The van der Waals surface area contributed by atoms with Crippen LogP contribution in [0.4, 0.5) is 10.5 Å². The Balaban J connectivity index is 1.47. The van der Waals surface area contributed by atoms with Gasteiger partial charge in [0.15, 0.2) is 5.82 Å². The lowest BCUT2D eigenvalue weighted by atomic mass is 10.2. The molecule has 2 amide bonds. The molecule has 1 aliphatic carbocycles. The fourth-order valence-corrected chi connectivity index (χ4v) is 3.45. The first kappa shape index (κ1) is 15.1. The zero-order chi connectivity index (χ0) is 16.5. The Kier molecular flexibility index (Phi) is 3.93. The molecule has 0 atom stereocenters. The van der Waals surface area contributed by atoms with Crippen molar-refractivity contribution in [2.24, 2.45) is 0 Å². The van der Waals surface area contributed by atoms with E-state index in [-0.39, 0.29) is 17.7 Å². The molecule has 1 saturated heterocycles. The summed E-state index contributed by atoms with van der Waals surface area (Å²) in [5, 5.41) is 14.7. The van der Waals surface area contributed by atoms with Crippen LogP contribution in [0.5, 0.6) is 0 Å². The fraction of sp³-hybridized carbons (Fsp3) is 0.400. The van der Waals surface area contributed by atoms with Crippen LogP contribution >= 0.6 is 11.8 Å². The van der Waals surface area contributed by atoms with E-state index in [1.807, 2.05) is 28.9 Å². The summed E-state index contributed by atoms with van der Waals surface area (Å²) >= 11 is 1.25. The maximum Gasteiger partial charge on any atom is 0.282 e. The molecule has 124 valence electrons. The second-order valence-electron chi connectivity index (χ2n) is 5.84. The number of aromatic nitrogens is 4. The van der Waals surface area contributed by atoms with Gasteiger partial charge in [0.2, 0.25) is 5.91 Å². The molecule has 0 bridgehead atoms. The largest absolute Gasteiger partial charge is 0.325 e. The highest BCUT2D eigenvalue weighted by molar-refractivity contribution is 8.13. The molecule has 2 heterocycles. The molecule has 0 radical (unpaired) electrons. The molecule has 2 fully saturated rings. The maximum absolute atomic E-state index is 12.1. The van der Waals surface area contributed by atoms with Gasteiger partial charge >= 0.3 is 0 Å². The predicted molar refractivity (Wildman–Crippen MR) is 89.6 cm³/mol. The van der Waals surface area contributed by atoms with Crippen molar-refractivity contribution in [1.82, 2.24) is 25.1 Å². The predicted octanol–water partition coefficient (Wildman–Crippen LogP) is 1.78. The first-order chi connectivity index (χ1) is 11.7. The zero-order valence-corrected chi connectivity index (χ0v) is 13.7. The van der Waals surface area contributed by atoms with Gasteiger partial charge in [0.05, 0.1) is 6.04 Å². The number of benzene rings is 1. The molecule has 0 unspecified atom stereocenters. The summed E-state index contributed by atoms with van der Waals surface area (Å²) in [4.78, 5) is 25.3. The molecular weight excluding hydrogens is 328 g/mol. The van der Waals surface area contributed by atoms with E-state index in [1.54, 1.807) is 4.90 Å². The summed E-state index contributed by atoms with van der Waals surface area (Å²) in [6.45, 7) is 0.697. The fourth-order valence-electron chi connectivity index (χ4n) is 2.63. The van der Waals surface area contributed by atoms with Gasteiger partial charge in [0.25, 0.3) is 5.24 Å². The summed E-state index contributed by atoms with van der Waals surface area (Å²) in [5.74, 6) is 1.25. The van der Waals surface area contributed by atoms with E-state index >= 15 is 0 Å². The van der Waals surface area contributed by atoms with Crippen LogP contribution in [0.15, 0.2) is 24.3 Å². The van der Waals surface area contributed by atoms with Gasteiger partial charge < -0.3 is 10.2 Å². The highest BCUT2D eigenvalue weighted by Crippen LogP contribution is 2.36. The van der Waals surface area contributed by atoms with Crippen molar-refractivity contribution in [1.29, 1.82) is 0 Å². The van der Waals surface area contributed by atoms with Crippen LogP contribution in [0, 0.1) is 0 Å². The number of carbonyl (C=O) groups excluding carboxylic acids is 2. The van der Waals surface area contributed by atoms with Crippen molar-refractivity contribution in [3.8, 4) is 11.4 Å². The number of thioether (sulfide) groups is 1.